The van der Waals surface area contributed by atoms with Crippen molar-refractivity contribution in [1.82, 2.24) is 5.32 Å². The van der Waals surface area contributed by atoms with Crippen LogP contribution < -0.4 is 14.8 Å². The molecule has 1 N–H and O–H groups in total. The van der Waals surface area contributed by atoms with E-state index in [4.69, 9.17) is 21.1 Å². The molecule has 0 bridgehead atoms. The molecule has 0 aromatic heterocycles. The second kappa shape index (κ2) is 9.29. The molecule has 0 spiro atoms. The quantitative estimate of drug-likeness (QED) is 0.600. The van der Waals surface area contributed by atoms with Crippen LogP contribution in [0, 0.1) is 6.92 Å². The van der Waals surface area contributed by atoms with Crippen molar-refractivity contribution in [2.24, 2.45) is 0 Å². The van der Waals surface area contributed by atoms with Crippen LogP contribution in [0.2, 0.25) is 5.02 Å². The number of hydrogen-bond acceptors (Lipinski definition) is 3. The van der Waals surface area contributed by atoms with E-state index in [0.29, 0.717) is 29.5 Å². The zero-order valence-electron chi connectivity index (χ0n) is 15.9. The molecular weight excluding hydrogens is 374 g/mol. The number of aryl methyl sites for hydroxylation is 1. The number of rotatable bonds is 7. The normalized spacial score (nSPS) is 10.4. The van der Waals surface area contributed by atoms with Crippen LogP contribution in [0.4, 0.5) is 0 Å². The van der Waals surface area contributed by atoms with Crippen LogP contribution >= 0.6 is 11.6 Å². The topological polar surface area (TPSA) is 47.6 Å². The van der Waals surface area contributed by atoms with E-state index >= 15 is 0 Å². The van der Waals surface area contributed by atoms with E-state index in [2.05, 4.69) is 5.32 Å². The molecule has 0 heterocycles. The van der Waals surface area contributed by atoms with Gasteiger partial charge in [-0.15, -0.1) is 0 Å². The van der Waals surface area contributed by atoms with Crippen LogP contribution in [-0.4, -0.2) is 13.0 Å². The van der Waals surface area contributed by atoms with Crippen molar-refractivity contribution in [1.29, 1.82) is 0 Å². The number of halogens is 1. The Morgan fingerprint density at radius 2 is 1.75 bits per heavy atom. The fourth-order valence-corrected chi connectivity index (χ4v) is 2.95. The molecule has 0 radical (unpaired) electrons. The summed E-state index contributed by atoms with van der Waals surface area (Å²) in [6, 6.07) is 20.6. The van der Waals surface area contributed by atoms with Crippen LogP contribution in [0.1, 0.15) is 27.0 Å². The molecule has 0 fully saturated rings. The Morgan fingerprint density at radius 1 is 1.00 bits per heavy atom. The lowest BCUT2D eigenvalue weighted by Crippen LogP contribution is -2.23. The Hall–Kier alpha value is -2.98. The minimum atomic E-state index is -0.181. The van der Waals surface area contributed by atoms with Crippen LogP contribution in [-0.2, 0) is 13.2 Å². The van der Waals surface area contributed by atoms with Gasteiger partial charge in [0.2, 0.25) is 0 Å². The predicted octanol–water partition coefficient (Wildman–Crippen LogP) is 5.17. The summed E-state index contributed by atoms with van der Waals surface area (Å²) in [5.74, 6) is 1.26. The average Bonchev–Trinajstić information content (AvgIpc) is 2.72. The van der Waals surface area contributed by atoms with Crippen molar-refractivity contribution in [3.63, 3.8) is 0 Å². The Morgan fingerprint density at radius 3 is 2.46 bits per heavy atom. The fourth-order valence-electron chi connectivity index (χ4n) is 2.75. The summed E-state index contributed by atoms with van der Waals surface area (Å²) in [5.41, 5.74) is 3.37. The van der Waals surface area contributed by atoms with Crippen molar-refractivity contribution in [2.45, 2.75) is 20.1 Å². The molecule has 0 aliphatic rings. The summed E-state index contributed by atoms with van der Waals surface area (Å²) in [6.45, 7) is 2.69. The molecule has 4 nitrogen and oxygen atoms in total. The highest BCUT2D eigenvalue weighted by Crippen LogP contribution is 2.23. The number of carbonyl (C=O) groups excluding carboxylic acids is 1. The van der Waals surface area contributed by atoms with Gasteiger partial charge in [0.25, 0.3) is 5.91 Å². The molecule has 144 valence electrons. The van der Waals surface area contributed by atoms with Crippen LogP contribution in [0.3, 0.4) is 0 Å². The number of hydrogen-bond donors (Lipinski definition) is 1. The zero-order valence-corrected chi connectivity index (χ0v) is 16.6. The maximum absolute atomic E-state index is 12.6. The van der Waals surface area contributed by atoms with Gasteiger partial charge in [0, 0.05) is 22.7 Å². The molecular formula is C23H22ClNO3. The SMILES string of the molecule is COc1ccc(C(=O)NCc2ccccc2Cl)cc1COc1ccc(C)cc1. The standard InChI is InChI=1S/C23H22ClNO3/c1-16-7-10-20(11-8-16)28-15-19-13-17(9-12-22(19)27-2)23(26)25-14-18-5-3-4-6-21(18)24/h3-13H,14-15H2,1-2H3,(H,25,26). The van der Waals surface area contributed by atoms with Gasteiger partial charge in [0.1, 0.15) is 18.1 Å². The molecule has 0 unspecified atom stereocenters. The minimum Gasteiger partial charge on any atom is -0.496 e. The summed E-state index contributed by atoms with van der Waals surface area (Å²) in [5, 5.41) is 3.53. The van der Waals surface area contributed by atoms with Crippen molar-refractivity contribution < 1.29 is 14.3 Å². The predicted molar refractivity (Wildman–Crippen MR) is 111 cm³/mol. The van der Waals surface area contributed by atoms with Crippen molar-refractivity contribution in [2.75, 3.05) is 7.11 Å². The van der Waals surface area contributed by atoms with Gasteiger partial charge in [-0.05, 0) is 48.9 Å². The first-order chi connectivity index (χ1) is 13.6. The van der Waals surface area contributed by atoms with E-state index in [-0.39, 0.29) is 5.91 Å². The molecule has 3 rings (SSSR count). The molecule has 0 saturated heterocycles. The highest BCUT2D eigenvalue weighted by Gasteiger charge is 2.11. The third kappa shape index (κ3) is 5.05. The molecule has 0 saturated carbocycles. The third-order valence-corrected chi connectivity index (χ3v) is 4.72. The Kier molecular flexibility index (Phi) is 6.56. The average molecular weight is 396 g/mol. The third-order valence-electron chi connectivity index (χ3n) is 4.36. The summed E-state index contributed by atoms with van der Waals surface area (Å²) in [4.78, 5) is 12.6. The van der Waals surface area contributed by atoms with Crippen LogP contribution in [0.15, 0.2) is 66.7 Å². The molecule has 3 aromatic carbocycles. The van der Waals surface area contributed by atoms with Crippen LogP contribution in [0.5, 0.6) is 11.5 Å². The zero-order chi connectivity index (χ0) is 19.9. The van der Waals surface area contributed by atoms with Gasteiger partial charge >= 0.3 is 0 Å². The Labute approximate surface area is 170 Å². The van der Waals surface area contributed by atoms with Gasteiger partial charge < -0.3 is 14.8 Å². The van der Waals surface area contributed by atoms with Gasteiger partial charge in [-0.3, -0.25) is 4.79 Å². The first kappa shape index (κ1) is 19.8. The summed E-state index contributed by atoms with van der Waals surface area (Å²) >= 11 is 6.14. The molecule has 5 heteroatoms. The Balaban J connectivity index is 1.69. The Bertz CT molecular complexity index is 954. The second-order valence-corrected chi connectivity index (χ2v) is 6.81. The minimum absolute atomic E-state index is 0.181. The first-order valence-corrected chi connectivity index (χ1v) is 9.32. The maximum atomic E-state index is 12.6. The number of ether oxygens (including phenoxy) is 2. The largest absolute Gasteiger partial charge is 0.496 e. The van der Waals surface area contributed by atoms with Crippen molar-refractivity contribution in [3.8, 4) is 11.5 Å². The van der Waals surface area contributed by atoms with Crippen LogP contribution in [0.25, 0.3) is 0 Å². The fraction of sp³-hybridized carbons (Fsp3) is 0.174. The monoisotopic (exact) mass is 395 g/mol. The van der Waals surface area contributed by atoms with Gasteiger partial charge in [-0.25, -0.2) is 0 Å². The number of benzene rings is 3. The smallest absolute Gasteiger partial charge is 0.251 e. The molecule has 1 amide bonds. The lowest BCUT2D eigenvalue weighted by Gasteiger charge is -2.13. The van der Waals surface area contributed by atoms with E-state index < -0.39 is 0 Å². The van der Waals surface area contributed by atoms with E-state index in [9.17, 15) is 4.79 Å². The molecule has 3 aromatic rings. The maximum Gasteiger partial charge on any atom is 0.251 e. The number of amides is 1. The van der Waals surface area contributed by atoms with E-state index in [1.165, 1.54) is 5.56 Å². The summed E-state index contributed by atoms with van der Waals surface area (Å²) in [6.07, 6.45) is 0. The lowest BCUT2D eigenvalue weighted by atomic mass is 10.1. The van der Waals surface area contributed by atoms with Gasteiger partial charge in [0.05, 0.1) is 7.11 Å². The molecule has 0 atom stereocenters. The van der Waals surface area contributed by atoms with E-state index in [0.717, 1.165) is 16.9 Å². The highest BCUT2D eigenvalue weighted by atomic mass is 35.5. The summed E-state index contributed by atoms with van der Waals surface area (Å²) in [7, 11) is 1.60. The lowest BCUT2D eigenvalue weighted by molar-refractivity contribution is 0.0950. The molecule has 0 aliphatic heterocycles. The number of nitrogens with one attached hydrogen (secondary N) is 1. The second-order valence-electron chi connectivity index (χ2n) is 6.40. The van der Waals surface area contributed by atoms with Gasteiger partial charge in [-0.2, -0.15) is 0 Å². The molecule has 0 aliphatic carbocycles. The van der Waals surface area contributed by atoms with E-state index in [1.54, 1.807) is 31.4 Å². The van der Waals surface area contributed by atoms with Crippen molar-refractivity contribution in [3.05, 3.63) is 94.0 Å². The van der Waals surface area contributed by atoms with E-state index in [1.807, 2.05) is 49.4 Å². The van der Waals surface area contributed by atoms with Gasteiger partial charge in [0.15, 0.2) is 0 Å². The highest BCUT2D eigenvalue weighted by molar-refractivity contribution is 6.31. The van der Waals surface area contributed by atoms with Crippen molar-refractivity contribution >= 4 is 17.5 Å². The number of methoxy groups -OCH3 is 1. The molecule has 28 heavy (non-hydrogen) atoms. The van der Waals surface area contributed by atoms with Gasteiger partial charge in [-0.1, -0.05) is 47.5 Å². The number of carbonyl (C=O) groups is 1. The summed E-state index contributed by atoms with van der Waals surface area (Å²) < 4.78 is 11.2. The first-order valence-electron chi connectivity index (χ1n) is 8.95.